The highest BCUT2D eigenvalue weighted by Gasteiger charge is 2.44. The topological polar surface area (TPSA) is 309 Å². The van der Waals surface area contributed by atoms with Crippen LogP contribution < -0.4 is 5.73 Å². The number of ether oxygens (including phenoxy) is 5. The molecule has 68 heavy (non-hydrogen) atoms. The van der Waals surface area contributed by atoms with Gasteiger partial charge in [-0.1, -0.05) is 98.9 Å². The van der Waals surface area contributed by atoms with Crippen LogP contribution in [0.3, 0.4) is 0 Å². The molecule has 0 aliphatic carbocycles. The van der Waals surface area contributed by atoms with Crippen molar-refractivity contribution >= 4 is 11.9 Å². The number of hydrogen-bond acceptors (Lipinski definition) is 17. The van der Waals surface area contributed by atoms with Crippen LogP contribution in [0, 0.1) is 17.8 Å². The van der Waals surface area contributed by atoms with E-state index < -0.39 is 128 Å². The van der Waals surface area contributed by atoms with E-state index in [1.807, 2.05) is 37.3 Å². The first kappa shape index (κ1) is 60.7. The zero-order valence-corrected chi connectivity index (χ0v) is 40.3. The van der Waals surface area contributed by atoms with Gasteiger partial charge in [-0.3, -0.25) is 9.59 Å². The summed E-state index contributed by atoms with van der Waals surface area (Å²) in [5.74, 6) is -4.39. The van der Waals surface area contributed by atoms with Crippen LogP contribution in [0.15, 0.2) is 85.1 Å². The highest BCUT2D eigenvalue weighted by atomic mass is 16.7. The van der Waals surface area contributed by atoms with E-state index in [4.69, 9.17) is 29.4 Å². The molecule has 2 aliphatic heterocycles. The molecule has 0 aromatic rings. The number of aliphatic carboxylic acids is 1. The molecule has 2 heterocycles. The van der Waals surface area contributed by atoms with Gasteiger partial charge in [0, 0.05) is 44.8 Å². The summed E-state index contributed by atoms with van der Waals surface area (Å²) >= 11 is 0. The molecule has 0 radical (unpaired) electrons. The first-order chi connectivity index (χ1) is 32.2. The Hall–Kier alpha value is -3.44. The summed E-state index contributed by atoms with van der Waals surface area (Å²) in [5.41, 5.74) is 6.05. The normalized spacial score (nSPS) is 42.5. The van der Waals surface area contributed by atoms with Crippen LogP contribution in [0.25, 0.3) is 0 Å². The summed E-state index contributed by atoms with van der Waals surface area (Å²) in [6, 6.07) is -1.10. The van der Waals surface area contributed by atoms with Gasteiger partial charge < -0.3 is 80.5 Å². The van der Waals surface area contributed by atoms with Gasteiger partial charge in [0.05, 0.1) is 85.7 Å². The number of aliphatic hydroxyl groups excluding tert-OH is 9. The molecule has 0 aromatic heterocycles. The van der Waals surface area contributed by atoms with Gasteiger partial charge in [0.2, 0.25) is 0 Å². The molecule has 1 fully saturated rings. The molecule has 2 rings (SSSR count). The van der Waals surface area contributed by atoms with Gasteiger partial charge in [-0.15, -0.1) is 0 Å². The van der Waals surface area contributed by atoms with Gasteiger partial charge in [0.25, 0.3) is 0 Å². The zero-order valence-electron chi connectivity index (χ0n) is 40.3. The van der Waals surface area contributed by atoms with Crippen LogP contribution >= 0.6 is 0 Å². The van der Waals surface area contributed by atoms with Crippen molar-refractivity contribution in [3.63, 3.8) is 0 Å². The summed E-state index contributed by atoms with van der Waals surface area (Å²) in [6.07, 6.45) is 5.57. The van der Waals surface area contributed by atoms with Crippen molar-refractivity contribution in [3.8, 4) is 0 Å². The van der Waals surface area contributed by atoms with Crippen LogP contribution in [-0.4, -0.2) is 175 Å². The summed E-state index contributed by atoms with van der Waals surface area (Å²) in [7, 11) is 1.28. The number of carboxylic acid groups (broad SMARTS) is 1. The molecule has 0 saturated carbocycles. The molecule has 388 valence electrons. The molecule has 19 atom stereocenters. The third kappa shape index (κ3) is 22.1. The summed E-state index contributed by atoms with van der Waals surface area (Å²) in [5, 5.41) is 107. The second-order valence-corrected chi connectivity index (χ2v) is 17.9. The highest BCUT2D eigenvalue weighted by molar-refractivity contribution is 5.71. The van der Waals surface area contributed by atoms with Crippen LogP contribution in [0.5, 0.6) is 0 Å². The van der Waals surface area contributed by atoms with Crippen LogP contribution in [-0.2, 0) is 33.3 Å². The Morgan fingerprint density at radius 3 is 1.79 bits per heavy atom. The molecule has 0 bridgehead atoms. The fourth-order valence-electron chi connectivity index (χ4n) is 8.01. The van der Waals surface area contributed by atoms with E-state index in [0.717, 1.165) is 0 Å². The van der Waals surface area contributed by atoms with Gasteiger partial charge >= 0.3 is 11.9 Å². The number of cyclic esters (lactones) is 1. The number of carbonyl (C=O) groups excluding carboxylic acids is 1. The second kappa shape index (κ2) is 32.4. The number of allylic oxidation sites excluding steroid dienone is 12. The average molecular weight is 968 g/mol. The Balaban J connectivity index is 2.38. The minimum absolute atomic E-state index is 0.0568. The maximum Gasteiger partial charge on any atom is 0.311 e. The first-order valence-corrected chi connectivity index (χ1v) is 23.6. The summed E-state index contributed by atoms with van der Waals surface area (Å²) in [6.45, 7) is 8.61. The number of carboxylic acids is 1. The molecule has 18 heteroatoms. The predicted molar refractivity (Wildman–Crippen MR) is 253 cm³/mol. The molecular formula is C50H81NO17. The molecule has 18 nitrogen and oxygen atoms in total. The largest absolute Gasteiger partial charge is 0.481 e. The lowest BCUT2D eigenvalue weighted by Gasteiger charge is -2.41. The lowest BCUT2D eigenvalue weighted by Crippen LogP contribution is -2.61. The SMILES string of the molecule is CCO[C@@H]1CC(O)[C@@H](C(=O)O)[C@@H](OC)C[C@@H](OC2O[C@@H](C)[C@H](O)[C@@H](N)[C@H]2O)/C=C/C=C/C=C/C=C/C=C/C=C/C=C/[C@H](C)[C@@H](O)[C@@H](C)[C@@H](C)OC(=O)C[C@@H](O)C[C@@H](O)CC[C@@H](O)[C@@H](O)C[C@H](O)C1. The summed E-state index contributed by atoms with van der Waals surface area (Å²) < 4.78 is 28.8. The monoisotopic (exact) mass is 968 g/mol. The van der Waals surface area contributed by atoms with Crippen LogP contribution in [0.1, 0.15) is 86.0 Å². The van der Waals surface area contributed by atoms with Crippen LogP contribution in [0.4, 0.5) is 0 Å². The van der Waals surface area contributed by atoms with Crippen molar-refractivity contribution in [2.75, 3.05) is 13.7 Å². The van der Waals surface area contributed by atoms with Crippen LogP contribution in [0.2, 0.25) is 0 Å². The number of aliphatic hydroxyl groups is 9. The van der Waals surface area contributed by atoms with Crippen molar-refractivity contribution in [2.45, 2.75) is 184 Å². The number of nitrogens with two attached hydrogens (primary N) is 1. The smallest absolute Gasteiger partial charge is 0.311 e. The molecular weight excluding hydrogens is 887 g/mol. The molecule has 12 N–H and O–H groups in total. The maximum atomic E-state index is 12.8. The van der Waals surface area contributed by atoms with E-state index in [1.165, 1.54) is 7.11 Å². The van der Waals surface area contributed by atoms with E-state index in [2.05, 4.69) is 0 Å². The Bertz CT molecular complexity index is 1650. The van der Waals surface area contributed by atoms with Gasteiger partial charge in [0.1, 0.15) is 18.1 Å². The van der Waals surface area contributed by atoms with E-state index >= 15 is 0 Å². The Morgan fingerprint density at radius 1 is 0.662 bits per heavy atom. The Morgan fingerprint density at radius 2 is 1.24 bits per heavy atom. The fourth-order valence-corrected chi connectivity index (χ4v) is 8.01. The van der Waals surface area contributed by atoms with Crippen molar-refractivity contribution in [3.05, 3.63) is 85.1 Å². The Kier molecular flexibility index (Phi) is 29.0. The van der Waals surface area contributed by atoms with Gasteiger partial charge in [-0.25, -0.2) is 0 Å². The second-order valence-electron chi connectivity index (χ2n) is 17.9. The molecule has 0 amide bonds. The minimum Gasteiger partial charge on any atom is -0.481 e. The summed E-state index contributed by atoms with van der Waals surface area (Å²) in [4.78, 5) is 25.4. The maximum absolute atomic E-state index is 12.8. The number of hydrogen-bond donors (Lipinski definition) is 11. The third-order valence-electron chi connectivity index (χ3n) is 12.3. The third-order valence-corrected chi connectivity index (χ3v) is 12.3. The number of esters is 1. The average Bonchev–Trinajstić information content (AvgIpc) is 3.27. The fraction of sp³-hybridized carbons (Fsp3) is 0.680. The van der Waals surface area contributed by atoms with E-state index in [0.29, 0.717) is 0 Å². The molecule has 0 aromatic carbocycles. The standard InChI is InChI=1S/C50H81NO17/c1-7-65-38-25-36(54)26-40(56)39(55)23-22-34(52)24-35(53)27-43(58)66-32(4)31(3)46(59)30(2)20-18-16-14-12-10-8-9-11-13-15-17-19-21-37(29-42(64-6)44(49(62)63)41(57)28-38)68-50-48(61)45(51)47(60)33(5)67-50/h8-21,30-42,44-48,50,52-57,59-61H,7,22-29,51H2,1-6H3,(H,62,63)/b9-8+,12-10+,13-11+,16-14+,17-15+,20-18+,21-19+/t30-,31-,32+,33-,34-,35-,36+,37-,38-,39+,40-,41?,42-,44+,45+,46+,47-,48+,50?/m0/s1. The number of methoxy groups -OCH3 is 1. The Labute approximate surface area is 401 Å². The van der Waals surface area contributed by atoms with Crippen molar-refractivity contribution in [1.29, 1.82) is 0 Å². The van der Waals surface area contributed by atoms with E-state index in [1.54, 1.807) is 82.4 Å². The molecule has 2 unspecified atom stereocenters. The minimum atomic E-state index is -1.59. The number of carbonyl (C=O) groups is 2. The van der Waals surface area contributed by atoms with Gasteiger partial charge in [-0.2, -0.15) is 0 Å². The van der Waals surface area contributed by atoms with Crippen molar-refractivity contribution in [1.82, 2.24) is 0 Å². The molecule has 2 aliphatic rings. The van der Waals surface area contributed by atoms with Crippen molar-refractivity contribution < 1.29 is 84.3 Å². The quantitative estimate of drug-likeness (QED) is 0.170. The van der Waals surface area contributed by atoms with Gasteiger partial charge in [-0.05, 0) is 46.5 Å². The first-order valence-electron chi connectivity index (χ1n) is 23.6. The van der Waals surface area contributed by atoms with E-state index in [9.17, 15) is 60.7 Å². The lowest BCUT2D eigenvalue weighted by atomic mass is 9.87. The van der Waals surface area contributed by atoms with E-state index in [-0.39, 0.29) is 57.5 Å². The lowest BCUT2D eigenvalue weighted by molar-refractivity contribution is -0.277. The predicted octanol–water partition coefficient (Wildman–Crippen LogP) is 2.04. The molecule has 0 spiro atoms. The highest BCUT2D eigenvalue weighted by Crippen LogP contribution is 2.28. The zero-order chi connectivity index (χ0) is 50.9. The van der Waals surface area contributed by atoms with Crippen molar-refractivity contribution in [2.24, 2.45) is 23.5 Å². The van der Waals surface area contributed by atoms with Gasteiger partial charge in [0.15, 0.2) is 6.29 Å². The molecule has 1 saturated heterocycles. The number of rotatable bonds is 6.